The van der Waals surface area contributed by atoms with Crippen LogP contribution >= 0.6 is 11.3 Å². The number of hydrogen-bond acceptors (Lipinski definition) is 8. The average Bonchev–Trinajstić information content (AvgIpc) is 3.66. The highest BCUT2D eigenvalue weighted by molar-refractivity contribution is 7.94. The Labute approximate surface area is 298 Å². The lowest BCUT2D eigenvalue weighted by Gasteiger charge is -2.35. The number of hydrogen-bond donors (Lipinski definition) is 3. The lowest BCUT2D eigenvalue weighted by molar-refractivity contribution is -0.0115. The van der Waals surface area contributed by atoms with Crippen molar-refractivity contribution in [3.8, 4) is 5.75 Å². The highest BCUT2D eigenvalue weighted by Crippen LogP contribution is 2.30. The van der Waals surface area contributed by atoms with E-state index in [-0.39, 0.29) is 53.2 Å². The third-order valence-corrected chi connectivity index (χ3v) is 11.7. The molecule has 1 aromatic heterocycles. The first-order valence-electron chi connectivity index (χ1n) is 16.9. The molecule has 2 heterocycles. The molecule has 0 aliphatic carbocycles. The molecule has 0 bridgehead atoms. The van der Waals surface area contributed by atoms with Crippen molar-refractivity contribution in [3.63, 3.8) is 0 Å². The van der Waals surface area contributed by atoms with Gasteiger partial charge in [0, 0.05) is 43.7 Å². The highest BCUT2D eigenvalue weighted by atomic mass is 32.2. The number of carbonyl (C=O) groups excluding carboxylic acids is 2. The molecule has 3 N–H and O–H groups in total. The Morgan fingerprint density at radius 3 is 2.62 bits per heavy atom. The molecule has 0 saturated carbocycles. The summed E-state index contributed by atoms with van der Waals surface area (Å²) in [5.74, 6) is -0.345. The van der Waals surface area contributed by atoms with Gasteiger partial charge in [-0.3, -0.25) is 9.52 Å². The zero-order valence-electron chi connectivity index (χ0n) is 28.9. The topological polar surface area (TPSA) is 138 Å². The van der Waals surface area contributed by atoms with Gasteiger partial charge in [-0.2, -0.15) is 0 Å². The summed E-state index contributed by atoms with van der Waals surface area (Å²) in [6.07, 6.45) is 1.62. The van der Waals surface area contributed by atoms with Crippen molar-refractivity contribution in [1.82, 2.24) is 9.80 Å². The number of amides is 3. The molecule has 4 aromatic rings. The van der Waals surface area contributed by atoms with Crippen LogP contribution in [0.25, 0.3) is 10.8 Å². The van der Waals surface area contributed by atoms with Crippen molar-refractivity contribution in [2.24, 2.45) is 5.92 Å². The predicted molar refractivity (Wildman–Crippen MR) is 198 cm³/mol. The maximum Gasteiger partial charge on any atom is 0.321 e. The summed E-state index contributed by atoms with van der Waals surface area (Å²) in [6, 6.07) is 20.6. The molecular weight excluding hydrogens is 677 g/mol. The standard InChI is InChI=1S/C37H46N4O7S2/c1-25-22-41(26(2)24-42)36(43)31-21-29(39-50(45,46)35-16-10-20-49-35)17-18-33(31)48-27(3)11-7-8-19-47-34(25)23-40(4)37(44)38-32-15-9-13-28-12-5-6-14-30(28)32/h5-6,9-10,12-18,20-21,25-27,34,39,42H,7-8,11,19,22-24H2,1-4H3,(H,38,44)/t25-,26-,27-,34+/m1/s1. The van der Waals surface area contributed by atoms with Crippen LogP contribution in [0.1, 0.15) is 50.4 Å². The van der Waals surface area contributed by atoms with E-state index in [2.05, 4.69) is 10.0 Å². The highest BCUT2D eigenvalue weighted by Gasteiger charge is 2.31. The number of aliphatic hydroxyl groups excluding tert-OH is 1. The molecule has 11 nitrogen and oxygen atoms in total. The number of sulfonamides is 1. The van der Waals surface area contributed by atoms with Crippen LogP contribution < -0.4 is 14.8 Å². The van der Waals surface area contributed by atoms with E-state index in [0.29, 0.717) is 24.5 Å². The SMILES string of the molecule is C[C@@H]1CCCCO[C@@H](CN(C)C(=O)Nc2cccc3ccccc23)[C@H](C)CN([C@H](C)CO)C(=O)c2cc(NS(=O)(=O)c3cccs3)ccc2O1. The van der Waals surface area contributed by atoms with Gasteiger partial charge in [0.15, 0.2) is 0 Å². The Hall–Kier alpha value is -4.17. The molecule has 0 spiro atoms. The third kappa shape index (κ3) is 9.13. The van der Waals surface area contributed by atoms with Gasteiger partial charge in [-0.05, 0) is 74.2 Å². The van der Waals surface area contributed by atoms with Crippen molar-refractivity contribution in [2.45, 2.75) is 62.5 Å². The number of aliphatic hydroxyl groups is 1. The van der Waals surface area contributed by atoms with Gasteiger partial charge in [0.2, 0.25) is 0 Å². The minimum Gasteiger partial charge on any atom is -0.490 e. The number of fused-ring (bicyclic) bond motifs is 2. The second kappa shape index (κ2) is 16.7. The van der Waals surface area contributed by atoms with Crippen molar-refractivity contribution in [3.05, 3.63) is 83.7 Å². The van der Waals surface area contributed by atoms with Crippen LogP contribution in [0.4, 0.5) is 16.2 Å². The number of benzene rings is 3. The Bertz CT molecular complexity index is 1860. The average molecular weight is 723 g/mol. The smallest absolute Gasteiger partial charge is 0.321 e. The van der Waals surface area contributed by atoms with Crippen LogP contribution in [0.15, 0.2) is 82.4 Å². The Kier molecular flexibility index (Phi) is 12.4. The van der Waals surface area contributed by atoms with Gasteiger partial charge in [0.1, 0.15) is 9.96 Å². The van der Waals surface area contributed by atoms with Gasteiger partial charge in [0.25, 0.3) is 15.9 Å². The molecule has 5 rings (SSSR count). The fourth-order valence-electron chi connectivity index (χ4n) is 5.97. The molecule has 0 saturated heterocycles. The van der Waals surface area contributed by atoms with E-state index in [4.69, 9.17) is 9.47 Å². The van der Waals surface area contributed by atoms with Crippen molar-refractivity contribution in [1.29, 1.82) is 0 Å². The fourth-order valence-corrected chi connectivity index (χ4v) is 8.01. The predicted octanol–water partition coefficient (Wildman–Crippen LogP) is 6.66. The maximum absolute atomic E-state index is 14.4. The lowest BCUT2D eigenvalue weighted by atomic mass is 10.0. The van der Waals surface area contributed by atoms with Crippen molar-refractivity contribution < 1.29 is 32.6 Å². The van der Waals surface area contributed by atoms with E-state index in [9.17, 15) is 23.1 Å². The molecule has 1 aliphatic rings. The number of anilines is 2. The number of carbonyl (C=O) groups is 2. The molecule has 268 valence electrons. The summed E-state index contributed by atoms with van der Waals surface area (Å²) in [5, 5.41) is 16.9. The summed E-state index contributed by atoms with van der Waals surface area (Å²) >= 11 is 1.09. The molecule has 0 fully saturated rings. The van der Waals surface area contributed by atoms with Crippen LogP contribution in [-0.2, 0) is 14.8 Å². The number of thiophene rings is 1. The Balaban J connectivity index is 1.40. The number of rotatable bonds is 8. The van der Waals surface area contributed by atoms with Gasteiger partial charge < -0.3 is 29.7 Å². The van der Waals surface area contributed by atoms with E-state index < -0.39 is 28.1 Å². The first kappa shape index (κ1) is 37.1. The molecule has 50 heavy (non-hydrogen) atoms. The molecule has 3 amide bonds. The molecular formula is C37H46N4O7S2. The monoisotopic (exact) mass is 722 g/mol. The second-order valence-corrected chi connectivity index (χ2v) is 15.7. The second-order valence-electron chi connectivity index (χ2n) is 12.9. The van der Waals surface area contributed by atoms with Gasteiger partial charge in [-0.1, -0.05) is 49.4 Å². The van der Waals surface area contributed by atoms with Gasteiger partial charge in [-0.15, -0.1) is 11.3 Å². The van der Waals surface area contributed by atoms with E-state index in [1.807, 2.05) is 56.3 Å². The fraction of sp³-hybridized carbons (Fsp3) is 0.405. The largest absolute Gasteiger partial charge is 0.490 e. The zero-order chi connectivity index (χ0) is 35.8. The normalized spacial score (nSPS) is 19.9. The summed E-state index contributed by atoms with van der Waals surface area (Å²) in [5.41, 5.74) is 1.10. The van der Waals surface area contributed by atoms with Crippen LogP contribution in [0.3, 0.4) is 0 Å². The Morgan fingerprint density at radius 2 is 1.86 bits per heavy atom. The van der Waals surface area contributed by atoms with E-state index in [1.54, 1.807) is 47.4 Å². The van der Waals surface area contributed by atoms with E-state index >= 15 is 0 Å². The maximum atomic E-state index is 14.4. The summed E-state index contributed by atoms with van der Waals surface area (Å²) < 4.78 is 41.5. The first-order valence-corrected chi connectivity index (χ1v) is 19.2. The number of urea groups is 1. The summed E-state index contributed by atoms with van der Waals surface area (Å²) in [4.78, 5) is 31.0. The number of ether oxygens (including phenoxy) is 2. The lowest BCUT2D eigenvalue weighted by Crippen LogP contribution is -2.48. The minimum atomic E-state index is -3.86. The van der Waals surface area contributed by atoms with Crippen molar-refractivity contribution >= 4 is 55.4 Å². The molecule has 13 heteroatoms. The van der Waals surface area contributed by atoms with Gasteiger partial charge >= 0.3 is 6.03 Å². The quantitative estimate of drug-likeness (QED) is 0.185. The molecule has 4 atom stereocenters. The zero-order valence-corrected chi connectivity index (χ0v) is 30.5. The Morgan fingerprint density at radius 1 is 1.08 bits per heavy atom. The molecule has 1 aliphatic heterocycles. The van der Waals surface area contributed by atoms with Crippen LogP contribution in [0.2, 0.25) is 0 Å². The number of nitrogens with one attached hydrogen (secondary N) is 2. The van der Waals surface area contributed by atoms with Gasteiger partial charge in [0.05, 0.1) is 36.1 Å². The van der Waals surface area contributed by atoms with Gasteiger partial charge in [-0.25, -0.2) is 13.2 Å². The summed E-state index contributed by atoms with van der Waals surface area (Å²) in [6.45, 7) is 6.27. The van der Waals surface area contributed by atoms with Crippen LogP contribution in [-0.4, -0.2) is 86.9 Å². The summed E-state index contributed by atoms with van der Waals surface area (Å²) in [7, 11) is -2.15. The van der Waals surface area contributed by atoms with Crippen LogP contribution in [0, 0.1) is 5.92 Å². The van der Waals surface area contributed by atoms with Crippen LogP contribution in [0.5, 0.6) is 5.75 Å². The number of likely N-dealkylation sites (N-methyl/N-ethyl adjacent to an activating group) is 1. The van der Waals surface area contributed by atoms with Crippen molar-refractivity contribution in [2.75, 3.05) is 43.4 Å². The van der Waals surface area contributed by atoms with E-state index in [1.165, 1.54) is 12.1 Å². The minimum absolute atomic E-state index is 0.153. The molecule has 0 radical (unpaired) electrons. The first-order chi connectivity index (χ1) is 24.0. The van der Waals surface area contributed by atoms with E-state index in [0.717, 1.165) is 35.0 Å². The molecule has 3 aromatic carbocycles. The third-order valence-electron chi connectivity index (χ3n) is 8.90. The number of nitrogens with zero attached hydrogens (tertiary/aromatic N) is 2. The molecule has 0 unspecified atom stereocenters.